The van der Waals surface area contributed by atoms with Crippen LogP contribution in [0.3, 0.4) is 0 Å². The Balaban J connectivity index is 2.21. The first-order chi connectivity index (χ1) is 10.0. The van der Waals surface area contributed by atoms with Gasteiger partial charge in [0, 0.05) is 23.7 Å². The molecule has 7 heteroatoms. The van der Waals surface area contributed by atoms with E-state index in [-0.39, 0.29) is 18.2 Å². The molecule has 1 N–H and O–H groups in total. The maximum absolute atomic E-state index is 12.5. The first-order valence-corrected chi connectivity index (χ1v) is 6.82. The zero-order valence-electron chi connectivity index (χ0n) is 11.5. The fraction of sp³-hybridized carbons (Fsp3) is 0.357. The standard InChI is InChI=1S/C14H15ClN2O4/c1-21-12(18)8-11-13(19)16-6-7-17(11)14(20)9-2-4-10(15)5-3-9/h2-5,11H,6-8H2,1H3,(H,16,19)/t11-/m1/s1. The Labute approximate surface area is 127 Å². The quantitative estimate of drug-likeness (QED) is 0.840. The van der Waals surface area contributed by atoms with Gasteiger partial charge in [-0.25, -0.2) is 0 Å². The normalized spacial score (nSPS) is 18.1. The number of amides is 2. The average Bonchev–Trinajstić information content (AvgIpc) is 2.49. The molecule has 1 aliphatic rings. The Morgan fingerprint density at radius 3 is 2.67 bits per heavy atom. The molecule has 1 saturated heterocycles. The second kappa shape index (κ2) is 6.58. The van der Waals surface area contributed by atoms with Gasteiger partial charge >= 0.3 is 5.97 Å². The summed E-state index contributed by atoms with van der Waals surface area (Å²) in [5, 5.41) is 3.17. The van der Waals surface area contributed by atoms with Gasteiger partial charge in [-0.15, -0.1) is 0 Å². The molecule has 2 rings (SSSR count). The van der Waals surface area contributed by atoms with Crippen molar-refractivity contribution in [3.8, 4) is 0 Å². The van der Waals surface area contributed by atoms with Crippen LogP contribution in [-0.4, -0.2) is 48.9 Å². The van der Waals surface area contributed by atoms with Crippen molar-refractivity contribution >= 4 is 29.4 Å². The lowest BCUT2D eigenvalue weighted by molar-refractivity contribution is -0.145. The van der Waals surface area contributed by atoms with E-state index in [1.54, 1.807) is 24.3 Å². The van der Waals surface area contributed by atoms with Crippen LogP contribution in [0.15, 0.2) is 24.3 Å². The van der Waals surface area contributed by atoms with Gasteiger partial charge < -0.3 is 15.0 Å². The van der Waals surface area contributed by atoms with Crippen LogP contribution in [0, 0.1) is 0 Å². The van der Waals surface area contributed by atoms with E-state index in [9.17, 15) is 14.4 Å². The van der Waals surface area contributed by atoms with Crippen molar-refractivity contribution in [2.75, 3.05) is 20.2 Å². The van der Waals surface area contributed by atoms with Gasteiger partial charge in [-0.05, 0) is 24.3 Å². The molecule has 0 aromatic heterocycles. The number of benzene rings is 1. The molecule has 21 heavy (non-hydrogen) atoms. The molecule has 1 fully saturated rings. The number of methoxy groups -OCH3 is 1. The zero-order chi connectivity index (χ0) is 15.4. The molecule has 1 aromatic carbocycles. The van der Waals surface area contributed by atoms with Gasteiger partial charge in [-0.1, -0.05) is 11.6 Å². The molecule has 1 atom stereocenters. The Kier molecular flexibility index (Phi) is 4.80. The fourth-order valence-electron chi connectivity index (χ4n) is 2.16. The molecule has 6 nitrogen and oxygen atoms in total. The van der Waals surface area contributed by atoms with Crippen molar-refractivity contribution in [1.82, 2.24) is 10.2 Å². The highest BCUT2D eigenvalue weighted by Gasteiger charge is 2.35. The van der Waals surface area contributed by atoms with Crippen LogP contribution >= 0.6 is 11.6 Å². The van der Waals surface area contributed by atoms with Gasteiger partial charge in [0.15, 0.2) is 0 Å². The van der Waals surface area contributed by atoms with Crippen molar-refractivity contribution in [1.29, 1.82) is 0 Å². The number of carbonyl (C=O) groups excluding carboxylic acids is 3. The first kappa shape index (κ1) is 15.3. The molecular formula is C14H15ClN2O4. The lowest BCUT2D eigenvalue weighted by Crippen LogP contribution is -2.57. The van der Waals surface area contributed by atoms with E-state index < -0.39 is 12.0 Å². The van der Waals surface area contributed by atoms with Crippen molar-refractivity contribution in [2.24, 2.45) is 0 Å². The van der Waals surface area contributed by atoms with Gasteiger partial charge in [0.25, 0.3) is 5.91 Å². The third-order valence-corrected chi connectivity index (χ3v) is 3.52. The third-order valence-electron chi connectivity index (χ3n) is 3.27. The predicted molar refractivity (Wildman–Crippen MR) is 75.9 cm³/mol. The lowest BCUT2D eigenvalue weighted by Gasteiger charge is -2.34. The van der Waals surface area contributed by atoms with Gasteiger partial charge in [0.05, 0.1) is 13.5 Å². The summed E-state index contributed by atoms with van der Waals surface area (Å²) in [4.78, 5) is 37.2. The van der Waals surface area contributed by atoms with E-state index in [4.69, 9.17) is 11.6 Å². The van der Waals surface area contributed by atoms with Crippen molar-refractivity contribution in [2.45, 2.75) is 12.5 Å². The molecule has 1 aromatic rings. The number of piperazine rings is 1. The Bertz CT molecular complexity index is 559. The molecule has 112 valence electrons. The molecule has 0 bridgehead atoms. The van der Waals surface area contributed by atoms with Gasteiger partial charge in [-0.2, -0.15) is 0 Å². The highest BCUT2D eigenvalue weighted by atomic mass is 35.5. The van der Waals surface area contributed by atoms with Crippen molar-refractivity contribution in [3.63, 3.8) is 0 Å². The molecule has 0 spiro atoms. The third kappa shape index (κ3) is 3.52. The van der Waals surface area contributed by atoms with E-state index in [1.807, 2.05) is 0 Å². The zero-order valence-corrected chi connectivity index (χ0v) is 12.2. The summed E-state index contributed by atoms with van der Waals surface area (Å²) < 4.78 is 4.58. The number of ether oxygens (including phenoxy) is 1. The second-order valence-electron chi connectivity index (χ2n) is 4.59. The fourth-order valence-corrected chi connectivity index (χ4v) is 2.29. The van der Waals surface area contributed by atoms with E-state index >= 15 is 0 Å². The number of hydrogen-bond donors (Lipinski definition) is 1. The highest BCUT2D eigenvalue weighted by Crippen LogP contribution is 2.16. The molecule has 2 amide bonds. The number of carbonyl (C=O) groups is 3. The van der Waals surface area contributed by atoms with Gasteiger partial charge in [0.1, 0.15) is 6.04 Å². The summed E-state index contributed by atoms with van der Waals surface area (Å²) in [5.74, 6) is -1.20. The van der Waals surface area contributed by atoms with E-state index in [1.165, 1.54) is 12.0 Å². The molecule has 0 unspecified atom stereocenters. The maximum atomic E-state index is 12.5. The lowest BCUT2D eigenvalue weighted by atomic mass is 10.1. The summed E-state index contributed by atoms with van der Waals surface area (Å²) in [7, 11) is 1.24. The van der Waals surface area contributed by atoms with Crippen LogP contribution < -0.4 is 5.32 Å². The van der Waals surface area contributed by atoms with Crippen LogP contribution in [0.2, 0.25) is 5.02 Å². The number of rotatable bonds is 3. The summed E-state index contributed by atoms with van der Waals surface area (Å²) >= 11 is 5.79. The number of esters is 1. The minimum absolute atomic E-state index is 0.165. The van der Waals surface area contributed by atoms with Gasteiger partial charge in [-0.3, -0.25) is 14.4 Å². The Morgan fingerprint density at radius 2 is 2.05 bits per heavy atom. The van der Waals surface area contributed by atoms with Crippen molar-refractivity contribution in [3.05, 3.63) is 34.9 Å². The number of hydrogen-bond acceptors (Lipinski definition) is 4. The number of nitrogens with one attached hydrogen (secondary N) is 1. The molecule has 0 saturated carbocycles. The van der Waals surface area contributed by atoms with E-state index in [0.717, 1.165) is 0 Å². The van der Waals surface area contributed by atoms with Crippen LogP contribution in [0.4, 0.5) is 0 Å². The molecule has 1 heterocycles. The summed E-state index contributed by atoms with van der Waals surface area (Å²) in [6.07, 6.45) is -0.165. The number of nitrogens with zero attached hydrogens (tertiary/aromatic N) is 1. The monoisotopic (exact) mass is 310 g/mol. The van der Waals surface area contributed by atoms with E-state index in [2.05, 4.69) is 10.1 Å². The van der Waals surface area contributed by atoms with E-state index in [0.29, 0.717) is 23.7 Å². The summed E-state index contributed by atoms with van der Waals surface area (Å²) in [6.45, 7) is 0.699. The minimum Gasteiger partial charge on any atom is -0.469 e. The highest BCUT2D eigenvalue weighted by molar-refractivity contribution is 6.30. The topological polar surface area (TPSA) is 75.7 Å². The SMILES string of the molecule is COC(=O)C[C@@H]1C(=O)NCCN1C(=O)c1ccc(Cl)cc1. The summed E-state index contributed by atoms with van der Waals surface area (Å²) in [6, 6.07) is 5.54. The largest absolute Gasteiger partial charge is 0.469 e. The van der Waals surface area contributed by atoms with Gasteiger partial charge in [0.2, 0.25) is 5.91 Å². The van der Waals surface area contributed by atoms with Crippen LogP contribution in [0.5, 0.6) is 0 Å². The molecular weight excluding hydrogens is 296 g/mol. The number of halogens is 1. The second-order valence-corrected chi connectivity index (χ2v) is 5.03. The van der Waals surface area contributed by atoms with Crippen LogP contribution in [0.25, 0.3) is 0 Å². The molecule has 1 aliphatic heterocycles. The molecule has 0 aliphatic carbocycles. The maximum Gasteiger partial charge on any atom is 0.308 e. The minimum atomic E-state index is -0.852. The predicted octanol–water partition coefficient (Wildman–Crippen LogP) is 0.844. The Morgan fingerprint density at radius 1 is 1.38 bits per heavy atom. The van der Waals surface area contributed by atoms with Crippen LogP contribution in [-0.2, 0) is 14.3 Å². The molecule has 0 radical (unpaired) electrons. The Hall–Kier alpha value is -2.08. The first-order valence-electron chi connectivity index (χ1n) is 6.44. The summed E-state index contributed by atoms with van der Waals surface area (Å²) in [5.41, 5.74) is 0.420. The average molecular weight is 311 g/mol. The van der Waals surface area contributed by atoms with Crippen LogP contribution in [0.1, 0.15) is 16.8 Å². The van der Waals surface area contributed by atoms with Crippen molar-refractivity contribution < 1.29 is 19.1 Å². The smallest absolute Gasteiger partial charge is 0.308 e.